The molecule has 0 aliphatic carbocycles. The van der Waals surface area contributed by atoms with Gasteiger partial charge in [-0.1, -0.05) is 11.6 Å². The highest BCUT2D eigenvalue weighted by Crippen LogP contribution is 2.37. The summed E-state index contributed by atoms with van der Waals surface area (Å²) in [6.45, 7) is -1.68. The monoisotopic (exact) mass is 293 g/mol. The molecule has 3 N–H and O–H groups in total. The third-order valence-corrected chi connectivity index (χ3v) is 2.57. The Morgan fingerprint density at radius 3 is 2.53 bits per heavy atom. The molecule has 103 valence electrons. The molecule has 0 spiro atoms. The summed E-state index contributed by atoms with van der Waals surface area (Å²) >= 11 is 5.64. The van der Waals surface area contributed by atoms with E-state index in [1.165, 1.54) is 0 Å². The van der Waals surface area contributed by atoms with E-state index in [-0.39, 0.29) is 5.02 Å². The Balaban J connectivity index is 3.42. The Morgan fingerprint density at radius 2 is 2.11 bits per heavy atom. The van der Waals surface area contributed by atoms with Crippen LogP contribution in [-0.2, 0) is 4.79 Å². The SMILES string of the molecule is NC(=O)[C](c1cc([N+](=O)[O-])ccc1Cl)C(F)(F)CO. The molecule has 1 amide bonds. The van der Waals surface area contributed by atoms with Crippen LogP contribution in [-0.4, -0.2) is 28.5 Å². The average Bonchev–Trinajstić information content (AvgIpc) is 2.30. The Morgan fingerprint density at radius 1 is 1.53 bits per heavy atom. The molecule has 19 heavy (non-hydrogen) atoms. The molecule has 0 aromatic heterocycles. The van der Waals surface area contributed by atoms with E-state index in [1.54, 1.807) is 0 Å². The number of hydrogen-bond donors (Lipinski definition) is 2. The molecule has 0 aliphatic rings. The average molecular weight is 294 g/mol. The van der Waals surface area contributed by atoms with Crippen molar-refractivity contribution in [1.82, 2.24) is 0 Å². The second-order valence-corrected chi connectivity index (χ2v) is 3.93. The van der Waals surface area contributed by atoms with Gasteiger partial charge < -0.3 is 10.8 Å². The molecule has 0 bridgehead atoms. The van der Waals surface area contributed by atoms with E-state index < -0.39 is 40.5 Å². The van der Waals surface area contributed by atoms with Crippen molar-refractivity contribution in [3.63, 3.8) is 0 Å². The van der Waals surface area contributed by atoms with E-state index >= 15 is 0 Å². The van der Waals surface area contributed by atoms with Crippen molar-refractivity contribution in [3.05, 3.63) is 44.8 Å². The van der Waals surface area contributed by atoms with Gasteiger partial charge in [-0.25, -0.2) is 8.78 Å². The number of hydrogen-bond acceptors (Lipinski definition) is 4. The molecule has 6 nitrogen and oxygen atoms in total. The van der Waals surface area contributed by atoms with Crippen LogP contribution >= 0.6 is 11.6 Å². The van der Waals surface area contributed by atoms with Crippen LogP contribution in [0.3, 0.4) is 0 Å². The van der Waals surface area contributed by atoms with Gasteiger partial charge in [0.1, 0.15) is 6.61 Å². The van der Waals surface area contributed by atoms with Gasteiger partial charge in [-0.2, -0.15) is 0 Å². The number of primary amides is 1. The predicted octanol–water partition coefficient (Wildman–Crippen LogP) is 1.28. The van der Waals surface area contributed by atoms with Gasteiger partial charge in [-0.3, -0.25) is 14.9 Å². The fourth-order valence-corrected chi connectivity index (χ4v) is 1.62. The van der Waals surface area contributed by atoms with Crippen LogP contribution < -0.4 is 5.73 Å². The predicted molar refractivity (Wildman–Crippen MR) is 61.7 cm³/mol. The summed E-state index contributed by atoms with van der Waals surface area (Å²) in [7, 11) is 0. The fourth-order valence-electron chi connectivity index (χ4n) is 1.41. The van der Waals surface area contributed by atoms with Crippen LogP contribution in [0.25, 0.3) is 0 Å². The number of aliphatic hydroxyl groups is 1. The molecule has 1 rings (SSSR count). The zero-order valence-corrected chi connectivity index (χ0v) is 10.0. The number of carbonyl (C=O) groups is 1. The molecular formula is C10H8ClF2N2O4. The maximum atomic E-state index is 13.5. The molecule has 0 unspecified atom stereocenters. The van der Waals surface area contributed by atoms with Gasteiger partial charge in [-0.05, 0) is 6.07 Å². The summed E-state index contributed by atoms with van der Waals surface area (Å²) in [4.78, 5) is 20.8. The Hall–Kier alpha value is -1.80. The topological polar surface area (TPSA) is 106 Å². The number of nitro benzene ring substituents is 1. The molecule has 0 fully saturated rings. The minimum atomic E-state index is -3.95. The molecule has 1 aromatic carbocycles. The van der Waals surface area contributed by atoms with Crippen molar-refractivity contribution < 1.29 is 23.6 Å². The van der Waals surface area contributed by atoms with E-state index in [0.717, 1.165) is 12.1 Å². The van der Waals surface area contributed by atoms with Gasteiger partial charge in [0.05, 0.1) is 4.92 Å². The minimum absolute atomic E-state index is 0.312. The van der Waals surface area contributed by atoms with Crippen molar-refractivity contribution in [1.29, 1.82) is 0 Å². The fraction of sp³-hybridized carbons (Fsp3) is 0.200. The molecule has 1 aromatic rings. The summed E-state index contributed by atoms with van der Waals surface area (Å²) in [5.74, 6) is -6.75. The van der Waals surface area contributed by atoms with E-state index in [4.69, 9.17) is 22.4 Å². The zero-order chi connectivity index (χ0) is 14.8. The first-order valence-corrected chi connectivity index (χ1v) is 5.18. The first-order valence-electron chi connectivity index (χ1n) is 4.81. The Kier molecular flexibility index (Phi) is 4.38. The number of amides is 1. The van der Waals surface area contributed by atoms with E-state index in [2.05, 4.69) is 0 Å². The zero-order valence-electron chi connectivity index (χ0n) is 9.27. The number of nitrogens with two attached hydrogens (primary N) is 1. The summed E-state index contributed by atoms with van der Waals surface area (Å²) in [5.41, 5.74) is 3.71. The lowest BCUT2D eigenvalue weighted by molar-refractivity contribution is -0.384. The summed E-state index contributed by atoms with van der Waals surface area (Å²) < 4.78 is 26.9. The van der Waals surface area contributed by atoms with Crippen LogP contribution in [0.2, 0.25) is 5.02 Å². The van der Waals surface area contributed by atoms with Crippen molar-refractivity contribution >= 4 is 23.2 Å². The highest BCUT2D eigenvalue weighted by molar-refractivity contribution is 6.32. The lowest BCUT2D eigenvalue weighted by Gasteiger charge is -2.22. The largest absolute Gasteiger partial charge is 0.390 e. The molecule has 0 saturated carbocycles. The van der Waals surface area contributed by atoms with Crippen molar-refractivity contribution in [2.24, 2.45) is 5.73 Å². The Bertz CT molecular complexity index is 524. The highest BCUT2D eigenvalue weighted by atomic mass is 35.5. The second kappa shape index (κ2) is 5.45. The van der Waals surface area contributed by atoms with E-state index in [0.29, 0.717) is 6.07 Å². The number of alkyl halides is 2. The molecule has 9 heteroatoms. The van der Waals surface area contributed by atoms with Gasteiger partial charge in [0.25, 0.3) is 11.6 Å². The number of non-ortho nitro benzene ring substituents is 1. The van der Waals surface area contributed by atoms with Gasteiger partial charge >= 0.3 is 0 Å². The first kappa shape index (κ1) is 15.3. The molecule has 0 saturated heterocycles. The molecular weight excluding hydrogens is 286 g/mol. The second-order valence-electron chi connectivity index (χ2n) is 3.52. The number of carbonyl (C=O) groups excluding carboxylic acids is 1. The van der Waals surface area contributed by atoms with Crippen LogP contribution in [0.4, 0.5) is 14.5 Å². The van der Waals surface area contributed by atoms with Crippen LogP contribution in [0.15, 0.2) is 18.2 Å². The summed E-state index contributed by atoms with van der Waals surface area (Å²) in [6, 6.07) is 2.68. The normalized spacial score (nSPS) is 11.6. The number of nitrogens with zero attached hydrogens (tertiary/aromatic N) is 1. The van der Waals surface area contributed by atoms with Crippen LogP contribution in [0.5, 0.6) is 0 Å². The van der Waals surface area contributed by atoms with Crippen molar-refractivity contribution in [2.75, 3.05) is 6.61 Å². The molecule has 0 aliphatic heterocycles. The Labute approximate surface area is 110 Å². The van der Waals surface area contributed by atoms with Gasteiger partial charge in [-0.15, -0.1) is 0 Å². The van der Waals surface area contributed by atoms with Gasteiger partial charge in [0, 0.05) is 22.7 Å². The van der Waals surface area contributed by atoms with Crippen LogP contribution in [0, 0.1) is 16.0 Å². The van der Waals surface area contributed by atoms with Crippen LogP contribution in [0.1, 0.15) is 5.56 Å². The lowest BCUT2D eigenvalue weighted by atomic mass is 9.91. The molecule has 0 heterocycles. The van der Waals surface area contributed by atoms with Gasteiger partial charge in [0.2, 0.25) is 5.91 Å². The first-order chi connectivity index (χ1) is 8.70. The van der Waals surface area contributed by atoms with Gasteiger partial charge in [0.15, 0.2) is 5.92 Å². The third kappa shape index (κ3) is 3.15. The summed E-state index contributed by atoms with van der Waals surface area (Å²) in [6.07, 6.45) is 0. The third-order valence-electron chi connectivity index (χ3n) is 2.24. The van der Waals surface area contributed by atoms with Crippen molar-refractivity contribution in [3.8, 4) is 0 Å². The standard InChI is InChI=1S/C10H8ClF2N2O4/c11-7-2-1-5(15(18)19)3-6(7)8(9(14)17)10(12,13)4-16/h1-3,16H,4H2,(H2,14,17). The number of aliphatic hydroxyl groups excluding tert-OH is 1. The lowest BCUT2D eigenvalue weighted by Crippen LogP contribution is -2.40. The number of benzene rings is 1. The highest BCUT2D eigenvalue weighted by Gasteiger charge is 2.46. The van der Waals surface area contributed by atoms with Crippen molar-refractivity contribution in [2.45, 2.75) is 5.92 Å². The summed E-state index contributed by atoms with van der Waals surface area (Å²) in [5, 5.41) is 18.9. The number of nitro groups is 1. The molecule has 1 radical (unpaired) electrons. The molecule has 0 atom stereocenters. The maximum Gasteiger partial charge on any atom is 0.290 e. The quantitative estimate of drug-likeness (QED) is 0.630. The van der Waals surface area contributed by atoms with E-state index in [9.17, 15) is 23.7 Å². The number of rotatable bonds is 5. The minimum Gasteiger partial charge on any atom is -0.390 e. The smallest absolute Gasteiger partial charge is 0.290 e. The van der Waals surface area contributed by atoms with E-state index in [1.807, 2.05) is 0 Å². The number of halogens is 3. The maximum absolute atomic E-state index is 13.5.